The maximum absolute atomic E-state index is 10.3. The van der Waals surface area contributed by atoms with E-state index in [2.05, 4.69) is 11.3 Å². The van der Waals surface area contributed by atoms with Crippen molar-refractivity contribution in [3.05, 3.63) is 12.7 Å². The number of carbonyl (C=O) groups is 1. The van der Waals surface area contributed by atoms with Crippen LogP contribution in [0, 0.1) is 0 Å². The average molecular weight is 331 g/mol. The molecule has 0 amide bonds. The minimum absolute atomic E-state index is 0.468. The number of rotatable bonds is 17. The summed E-state index contributed by atoms with van der Waals surface area (Å²) in [5, 5.41) is 0. The van der Waals surface area contributed by atoms with Gasteiger partial charge in [-0.3, -0.25) is 0 Å². The predicted molar refractivity (Wildman–Crippen MR) is 96.7 cm³/mol. The highest BCUT2D eigenvalue weighted by molar-refractivity contribution is 6.61. The van der Waals surface area contributed by atoms with Crippen molar-refractivity contribution in [2.24, 2.45) is 0 Å². The molecule has 0 aliphatic rings. The van der Waals surface area contributed by atoms with E-state index in [4.69, 9.17) is 11.6 Å². The third kappa shape index (κ3) is 19.5. The number of halogens is 1. The standard InChI is InChI=1S/C19H35ClO2/c1-2-3-4-5-6-7-8-9-10-11-12-13-14-15-16-17-18-22-19(20)21/h2H,1,3-18H2. The number of ether oxygens (including phenoxy) is 1. The van der Waals surface area contributed by atoms with Crippen LogP contribution >= 0.6 is 11.6 Å². The highest BCUT2D eigenvalue weighted by Gasteiger charge is 1.96. The fraction of sp³-hybridized carbons (Fsp3) is 0.842. The number of hydrogen-bond donors (Lipinski definition) is 0. The fourth-order valence-corrected chi connectivity index (χ4v) is 2.74. The van der Waals surface area contributed by atoms with Crippen molar-refractivity contribution in [3.63, 3.8) is 0 Å². The van der Waals surface area contributed by atoms with Gasteiger partial charge in [0.15, 0.2) is 0 Å². The summed E-state index contributed by atoms with van der Waals surface area (Å²) >= 11 is 5.08. The molecule has 0 bridgehead atoms. The van der Waals surface area contributed by atoms with E-state index in [0.717, 1.165) is 12.8 Å². The molecule has 0 N–H and O–H groups in total. The van der Waals surface area contributed by atoms with E-state index in [-0.39, 0.29) is 0 Å². The van der Waals surface area contributed by atoms with Gasteiger partial charge in [-0.2, -0.15) is 0 Å². The molecule has 0 aliphatic carbocycles. The van der Waals surface area contributed by atoms with Crippen molar-refractivity contribution in [2.75, 3.05) is 6.61 Å². The van der Waals surface area contributed by atoms with Crippen LogP contribution in [-0.4, -0.2) is 12.0 Å². The zero-order valence-corrected chi connectivity index (χ0v) is 15.0. The van der Waals surface area contributed by atoms with Crippen molar-refractivity contribution in [1.29, 1.82) is 0 Å². The number of allylic oxidation sites excluding steroid dienone is 1. The molecule has 0 aliphatic heterocycles. The normalized spacial score (nSPS) is 10.6. The quantitative estimate of drug-likeness (QED) is 0.158. The molecule has 0 radical (unpaired) electrons. The Hall–Kier alpha value is -0.500. The Morgan fingerprint density at radius 3 is 1.45 bits per heavy atom. The summed E-state index contributed by atoms with van der Waals surface area (Å²) in [6.45, 7) is 4.22. The molecule has 0 heterocycles. The first-order valence-electron chi connectivity index (χ1n) is 9.20. The Balaban J connectivity index is 2.97. The predicted octanol–water partition coefficient (Wildman–Crippen LogP) is 7.40. The monoisotopic (exact) mass is 330 g/mol. The lowest BCUT2D eigenvalue weighted by molar-refractivity contribution is 0.170. The third-order valence-corrected chi connectivity index (χ3v) is 4.13. The van der Waals surface area contributed by atoms with Gasteiger partial charge in [0.05, 0.1) is 6.61 Å². The Morgan fingerprint density at radius 2 is 1.09 bits per heavy atom. The van der Waals surface area contributed by atoms with Gasteiger partial charge in [-0.15, -0.1) is 6.58 Å². The lowest BCUT2D eigenvalue weighted by Gasteiger charge is -2.03. The van der Waals surface area contributed by atoms with E-state index in [1.54, 1.807) is 0 Å². The van der Waals surface area contributed by atoms with Crippen LogP contribution in [0.25, 0.3) is 0 Å². The first kappa shape index (κ1) is 21.5. The minimum atomic E-state index is -0.684. The molecular weight excluding hydrogens is 296 g/mol. The second-order valence-corrected chi connectivity index (χ2v) is 6.42. The van der Waals surface area contributed by atoms with Crippen LogP contribution < -0.4 is 0 Å². The Kier molecular flexibility index (Phi) is 18.1. The van der Waals surface area contributed by atoms with E-state index in [0.29, 0.717) is 6.61 Å². The molecule has 0 aromatic rings. The van der Waals surface area contributed by atoms with Crippen LogP contribution in [0.1, 0.15) is 96.3 Å². The molecule has 0 saturated carbocycles. The van der Waals surface area contributed by atoms with Gasteiger partial charge in [0.25, 0.3) is 0 Å². The largest absolute Gasteiger partial charge is 0.454 e. The topological polar surface area (TPSA) is 26.3 Å². The maximum atomic E-state index is 10.3. The Bertz CT molecular complexity index is 254. The van der Waals surface area contributed by atoms with E-state index >= 15 is 0 Å². The summed E-state index contributed by atoms with van der Waals surface area (Å²) < 4.78 is 4.68. The van der Waals surface area contributed by atoms with Crippen LogP contribution in [0.2, 0.25) is 0 Å². The highest BCUT2D eigenvalue weighted by Crippen LogP contribution is 2.13. The number of carbonyl (C=O) groups excluding carboxylic acids is 1. The lowest BCUT2D eigenvalue weighted by atomic mass is 10.0. The third-order valence-electron chi connectivity index (χ3n) is 4.02. The zero-order valence-electron chi connectivity index (χ0n) is 14.3. The molecule has 3 heteroatoms. The second-order valence-electron chi connectivity index (χ2n) is 6.11. The summed E-state index contributed by atoms with van der Waals surface area (Å²) in [7, 11) is 0. The van der Waals surface area contributed by atoms with Crippen molar-refractivity contribution in [3.8, 4) is 0 Å². The molecule has 2 nitrogen and oxygen atoms in total. The van der Waals surface area contributed by atoms with E-state index < -0.39 is 5.43 Å². The van der Waals surface area contributed by atoms with Crippen LogP contribution in [0.3, 0.4) is 0 Å². The van der Waals surface area contributed by atoms with Gasteiger partial charge in [-0.25, -0.2) is 4.79 Å². The molecule has 0 spiro atoms. The zero-order chi connectivity index (χ0) is 16.3. The number of unbranched alkanes of at least 4 members (excludes halogenated alkanes) is 14. The Labute approximate surface area is 142 Å². The van der Waals surface area contributed by atoms with Crippen LogP contribution in [0.15, 0.2) is 12.7 Å². The molecule has 130 valence electrons. The van der Waals surface area contributed by atoms with Crippen molar-refractivity contribution < 1.29 is 9.53 Å². The molecule has 22 heavy (non-hydrogen) atoms. The molecule has 0 aromatic carbocycles. The number of hydrogen-bond acceptors (Lipinski definition) is 2. The van der Waals surface area contributed by atoms with Gasteiger partial charge >= 0.3 is 5.43 Å². The molecule has 0 rings (SSSR count). The van der Waals surface area contributed by atoms with Crippen LogP contribution in [-0.2, 0) is 4.74 Å². The molecular formula is C19H35ClO2. The van der Waals surface area contributed by atoms with Crippen molar-refractivity contribution in [1.82, 2.24) is 0 Å². The van der Waals surface area contributed by atoms with Gasteiger partial charge in [-0.1, -0.05) is 83.1 Å². The van der Waals surface area contributed by atoms with Gasteiger partial charge in [-0.05, 0) is 19.3 Å². The SMILES string of the molecule is C=CCCCCCCCCCCCCCCCCOC(=O)Cl. The van der Waals surface area contributed by atoms with E-state index in [1.165, 1.54) is 83.5 Å². The van der Waals surface area contributed by atoms with E-state index in [9.17, 15) is 4.79 Å². The summed E-state index contributed by atoms with van der Waals surface area (Å²) in [5.41, 5.74) is -0.684. The molecule has 0 fully saturated rings. The van der Waals surface area contributed by atoms with Crippen molar-refractivity contribution >= 4 is 17.0 Å². The van der Waals surface area contributed by atoms with Crippen LogP contribution in [0.4, 0.5) is 4.79 Å². The average Bonchev–Trinajstić information content (AvgIpc) is 2.50. The van der Waals surface area contributed by atoms with Crippen LogP contribution in [0.5, 0.6) is 0 Å². The first-order chi connectivity index (χ1) is 10.8. The minimum Gasteiger partial charge on any atom is -0.454 e. The molecule has 0 aromatic heterocycles. The van der Waals surface area contributed by atoms with Gasteiger partial charge in [0.2, 0.25) is 0 Å². The second kappa shape index (κ2) is 18.5. The fourth-order valence-electron chi connectivity index (χ4n) is 2.66. The Morgan fingerprint density at radius 1 is 0.727 bits per heavy atom. The summed E-state index contributed by atoms with van der Waals surface area (Å²) in [5.74, 6) is 0. The molecule has 0 atom stereocenters. The van der Waals surface area contributed by atoms with Crippen molar-refractivity contribution in [2.45, 2.75) is 96.3 Å². The molecule has 0 unspecified atom stereocenters. The van der Waals surface area contributed by atoms with Gasteiger partial charge in [0, 0.05) is 11.6 Å². The highest BCUT2D eigenvalue weighted by atomic mass is 35.5. The van der Waals surface area contributed by atoms with E-state index in [1.807, 2.05) is 6.08 Å². The summed E-state index contributed by atoms with van der Waals surface area (Å²) in [6, 6.07) is 0. The first-order valence-corrected chi connectivity index (χ1v) is 9.58. The van der Waals surface area contributed by atoms with Gasteiger partial charge < -0.3 is 4.74 Å². The molecule has 0 saturated heterocycles. The lowest BCUT2D eigenvalue weighted by Crippen LogP contribution is -1.96. The smallest absolute Gasteiger partial charge is 0.403 e. The van der Waals surface area contributed by atoms with Gasteiger partial charge in [0.1, 0.15) is 0 Å². The summed E-state index contributed by atoms with van der Waals surface area (Å²) in [4.78, 5) is 10.3. The summed E-state index contributed by atoms with van der Waals surface area (Å²) in [6.07, 6.45) is 21.6. The maximum Gasteiger partial charge on any atom is 0.403 e.